The normalized spacial score (nSPS) is 11.4. The highest BCUT2D eigenvalue weighted by Gasteiger charge is 2.32. The molecule has 4 aromatic rings. The number of nitrogens with one attached hydrogen (secondary N) is 1. The molecule has 4 rings (SSSR count). The molecule has 0 saturated carbocycles. The van der Waals surface area contributed by atoms with Crippen LogP contribution in [0, 0.1) is 0 Å². The summed E-state index contributed by atoms with van der Waals surface area (Å²) in [5.74, 6) is -0.957. The Kier molecular flexibility index (Phi) is 6.24. The molecular weight excluding hydrogens is 527 g/mol. The number of hydrogen-bond acceptors (Lipinski definition) is 8. The van der Waals surface area contributed by atoms with E-state index in [0.717, 1.165) is 6.07 Å². The molecule has 0 radical (unpaired) electrons. The number of ether oxygens (including phenoxy) is 2. The SMILES string of the molecule is CC(=O)OCn1nnnc1-c1cc2ccc(C(=O)Nc3ccc(OC(F)(F)F)c(Br)c3)cc2o1. The fourth-order valence-corrected chi connectivity index (χ4v) is 3.35. The van der Waals surface area contributed by atoms with E-state index in [2.05, 4.69) is 41.5 Å². The van der Waals surface area contributed by atoms with Gasteiger partial charge in [-0.25, -0.2) is 0 Å². The number of carbonyl (C=O) groups excluding carboxylic acids is 2. The lowest BCUT2D eigenvalue weighted by atomic mass is 10.1. The van der Waals surface area contributed by atoms with Gasteiger partial charge in [0.1, 0.15) is 11.3 Å². The molecule has 0 aliphatic carbocycles. The average Bonchev–Trinajstić information content (AvgIpc) is 3.39. The maximum Gasteiger partial charge on any atom is 0.573 e. The number of benzene rings is 2. The second-order valence-corrected chi connectivity index (χ2v) is 7.63. The molecule has 1 amide bonds. The fraction of sp³-hybridized carbons (Fsp3) is 0.150. The molecule has 10 nitrogen and oxygen atoms in total. The van der Waals surface area contributed by atoms with Crippen LogP contribution in [0.3, 0.4) is 0 Å². The molecule has 0 aliphatic rings. The van der Waals surface area contributed by atoms with Crippen LogP contribution < -0.4 is 10.1 Å². The van der Waals surface area contributed by atoms with E-state index < -0.39 is 24.0 Å². The first-order valence-corrected chi connectivity index (χ1v) is 10.2. The molecule has 34 heavy (non-hydrogen) atoms. The fourth-order valence-electron chi connectivity index (χ4n) is 2.89. The van der Waals surface area contributed by atoms with E-state index in [4.69, 9.17) is 9.15 Å². The number of rotatable bonds is 6. The van der Waals surface area contributed by atoms with Crippen LogP contribution in [0.1, 0.15) is 17.3 Å². The minimum absolute atomic E-state index is 0.0141. The number of nitrogens with zero attached hydrogens (tertiary/aromatic N) is 4. The molecule has 0 atom stereocenters. The number of amides is 1. The quantitative estimate of drug-likeness (QED) is 0.355. The number of aromatic nitrogens is 4. The first-order valence-electron chi connectivity index (χ1n) is 9.39. The lowest BCUT2D eigenvalue weighted by Crippen LogP contribution is -2.17. The minimum atomic E-state index is -4.84. The van der Waals surface area contributed by atoms with Crippen molar-refractivity contribution in [2.45, 2.75) is 20.0 Å². The summed E-state index contributed by atoms with van der Waals surface area (Å²) in [6.07, 6.45) is -4.84. The van der Waals surface area contributed by atoms with Gasteiger partial charge in [0.2, 0.25) is 5.82 Å². The summed E-state index contributed by atoms with van der Waals surface area (Å²) >= 11 is 2.99. The largest absolute Gasteiger partial charge is 0.573 e. The Morgan fingerprint density at radius 2 is 1.97 bits per heavy atom. The molecule has 0 bridgehead atoms. The number of halogens is 4. The highest BCUT2D eigenvalue weighted by atomic mass is 79.9. The van der Waals surface area contributed by atoms with Crippen molar-refractivity contribution in [2.75, 3.05) is 5.32 Å². The van der Waals surface area contributed by atoms with E-state index in [9.17, 15) is 22.8 Å². The molecule has 0 aliphatic heterocycles. The van der Waals surface area contributed by atoms with Crippen molar-refractivity contribution in [3.8, 4) is 17.3 Å². The van der Waals surface area contributed by atoms with Gasteiger partial charge in [0.15, 0.2) is 12.5 Å². The Morgan fingerprint density at radius 3 is 2.68 bits per heavy atom. The number of furan rings is 1. The third-order valence-corrected chi connectivity index (χ3v) is 4.96. The van der Waals surface area contributed by atoms with Crippen molar-refractivity contribution in [3.05, 3.63) is 52.5 Å². The lowest BCUT2D eigenvalue weighted by Gasteiger charge is -2.12. The van der Waals surface area contributed by atoms with E-state index in [1.54, 1.807) is 18.2 Å². The molecule has 0 unspecified atom stereocenters. The summed E-state index contributed by atoms with van der Waals surface area (Å²) < 4.78 is 53.0. The van der Waals surface area contributed by atoms with E-state index >= 15 is 0 Å². The van der Waals surface area contributed by atoms with Crippen molar-refractivity contribution in [3.63, 3.8) is 0 Å². The second kappa shape index (κ2) is 9.13. The van der Waals surface area contributed by atoms with Gasteiger partial charge in [-0.15, -0.1) is 18.3 Å². The summed E-state index contributed by atoms with van der Waals surface area (Å²) in [7, 11) is 0. The smallest absolute Gasteiger partial charge is 0.453 e. The van der Waals surface area contributed by atoms with Gasteiger partial charge in [0, 0.05) is 23.6 Å². The number of alkyl halides is 3. The Morgan fingerprint density at radius 1 is 1.18 bits per heavy atom. The molecule has 14 heteroatoms. The molecule has 2 aromatic carbocycles. The molecule has 0 saturated heterocycles. The number of anilines is 1. The van der Waals surface area contributed by atoms with Gasteiger partial charge in [-0.3, -0.25) is 9.59 Å². The van der Waals surface area contributed by atoms with Crippen LogP contribution in [0.5, 0.6) is 5.75 Å². The highest BCUT2D eigenvalue weighted by Crippen LogP contribution is 2.33. The monoisotopic (exact) mass is 539 g/mol. The molecule has 2 aromatic heterocycles. The number of tetrazole rings is 1. The predicted molar refractivity (Wildman–Crippen MR) is 114 cm³/mol. The zero-order valence-corrected chi connectivity index (χ0v) is 18.7. The van der Waals surface area contributed by atoms with E-state index in [1.807, 2.05) is 0 Å². The molecule has 0 fully saturated rings. The Hall–Kier alpha value is -3.94. The van der Waals surface area contributed by atoms with E-state index in [1.165, 1.54) is 29.8 Å². The maximum absolute atomic E-state index is 12.7. The topological polar surface area (TPSA) is 121 Å². The lowest BCUT2D eigenvalue weighted by molar-refractivity contribution is -0.274. The van der Waals surface area contributed by atoms with Crippen LogP contribution >= 0.6 is 15.9 Å². The summed E-state index contributed by atoms with van der Waals surface area (Å²) in [6.45, 7) is 1.05. The highest BCUT2D eigenvalue weighted by molar-refractivity contribution is 9.10. The van der Waals surface area contributed by atoms with Gasteiger partial charge in [0.25, 0.3) is 5.91 Å². The van der Waals surface area contributed by atoms with Gasteiger partial charge in [-0.1, -0.05) is 6.07 Å². The Labute approximate surface area is 196 Å². The van der Waals surface area contributed by atoms with Crippen molar-refractivity contribution in [1.82, 2.24) is 20.2 Å². The van der Waals surface area contributed by atoms with Gasteiger partial charge in [0.05, 0.1) is 4.47 Å². The summed E-state index contributed by atoms with van der Waals surface area (Å²) in [4.78, 5) is 23.7. The van der Waals surface area contributed by atoms with Crippen LogP contribution in [0.25, 0.3) is 22.6 Å². The number of fused-ring (bicyclic) bond motifs is 1. The standard InChI is InChI=1S/C20H13BrF3N5O5/c1-10(30)32-9-29-18(26-27-28-29)17-6-11-2-3-12(7-16(11)33-17)19(31)25-13-4-5-15(14(21)8-13)34-20(22,23)24/h2-8H,9H2,1H3,(H,25,31). The van der Waals surface area contributed by atoms with Crippen molar-refractivity contribution in [1.29, 1.82) is 0 Å². The molecule has 176 valence electrons. The molecule has 0 spiro atoms. The van der Waals surface area contributed by atoms with Crippen LogP contribution in [-0.4, -0.2) is 38.4 Å². The van der Waals surface area contributed by atoms with Crippen molar-refractivity contribution in [2.24, 2.45) is 0 Å². The average molecular weight is 540 g/mol. The maximum atomic E-state index is 12.7. The predicted octanol–water partition coefficient (Wildman–Crippen LogP) is 4.52. The summed E-state index contributed by atoms with van der Waals surface area (Å²) in [5.41, 5.74) is 0.843. The summed E-state index contributed by atoms with van der Waals surface area (Å²) in [6, 6.07) is 9.98. The molecule has 2 heterocycles. The van der Waals surface area contributed by atoms with E-state index in [-0.39, 0.29) is 34.0 Å². The third-order valence-electron chi connectivity index (χ3n) is 4.34. The zero-order valence-electron chi connectivity index (χ0n) is 17.1. The van der Waals surface area contributed by atoms with E-state index in [0.29, 0.717) is 11.0 Å². The number of hydrogen-bond donors (Lipinski definition) is 1. The zero-order chi connectivity index (χ0) is 24.5. The van der Waals surface area contributed by atoms with Crippen LogP contribution in [0.4, 0.5) is 18.9 Å². The minimum Gasteiger partial charge on any atom is -0.453 e. The van der Waals surface area contributed by atoms with Crippen LogP contribution in [-0.2, 0) is 16.3 Å². The first-order chi connectivity index (χ1) is 16.1. The van der Waals surface area contributed by atoms with Crippen molar-refractivity contribution < 1.29 is 36.7 Å². The van der Waals surface area contributed by atoms with Crippen molar-refractivity contribution >= 4 is 44.5 Å². The number of esters is 1. The molecular formula is C20H13BrF3N5O5. The second-order valence-electron chi connectivity index (χ2n) is 6.78. The molecule has 1 N–H and O–H groups in total. The Bertz CT molecular complexity index is 1380. The Balaban J connectivity index is 1.52. The number of carbonyl (C=O) groups is 2. The first kappa shape index (κ1) is 23.2. The van der Waals surface area contributed by atoms with Gasteiger partial charge in [-0.2, -0.15) is 4.68 Å². The third kappa shape index (κ3) is 5.33. The van der Waals surface area contributed by atoms with Gasteiger partial charge in [-0.05, 0) is 62.8 Å². The van der Waals surface area contributed by atoms with Crippen LogP contribution in [0.15, 0.2) is 51.4 Å². The van der Waals surface area contributed by atoms with Gasteiger partial charge < -0.3 is 19.2 Å². The van der Waals surface area contributed by atoms with Crippen LogP contribution in [0.2, 0.25) is 0 Å². The van der Waals surface area contributed by atoms with Gasteiger partial charge >= 0.3 is 12.3 Å². The summed E-state index contributed by atoms with van der Waals surface area (Å²) in [5, 5.41) is 14.4.